The van der Waals surface area contributed by atoms with E-state index < -0.39 is 0 Å². The molecule has 1 amide bonds. The van der Waals surface area contributed by atoms with Crippen LogP contribution in [0.4, 0.5) is 5.69 Å². The number of rotatable bonds is 7. The molecule has 0 saturated carbocycles. The maximum Gasteiger partial charge on any atom is 0.241 e. The molecule has 0 radical (unpaired) electrons. The van der Waals surface area contributed by atoms with Gasteiger partial charge in [0.1, 0.15) is 5.75 Å². The summed E-state index contributed by atoms with van der Waals surface area (Å²) in [5, 5.41) is 8.11. The number of para-hydroxylation sites is 2. The molecule has 1 aliphatic heterocycles. The standard InChI is InChI=1S/C24H26Cl2N4O3/c1-15(2)32-21-6-4-3-5-20(21)27-24(31)16-9-11-30(12-10-16)14-22-28-23(29-33-22)18-8-7-17(25)13-19(18)26/h3-8,13,15-16H,9-12,14H2,1-2H3,(H,27,31). The molecule has 1 saturated heterocycles. The van der Waals surface area contributed by atoms with Crippen molar-refractivity contribution in [2.24, 2.45) is 5.92 Å². The summed E-state index contributed by atoms with van der Waals surface area (Å²) in [6.45, 7) is 5.98. The molecule has 4 rings (SSSR count). The van der Waals surface area contributed by atoms with Crippen molar-refractivity contribution in [3.8, 4) is 17.1 Å². The quantitative estimate of drug-likeness (QED) is 0.460. The Morgan fingerprint density at radius 1 is 1.21 bits per heavy atom. The molecule has 2 aromatic carbocycles. The number of likely N-dealkylation sites (tertiary alicyclic amines) is 1. The summed E-state index contributed by atoms with van der Waals surface area (Å²) < 4.78 is 11.2. The van der Waals surface area contributed by atoms with E-state index in [0.29, 0.717) is 45.3 Å². The van der Waals surface area contributed by atoms with E-state index in [0.717, 1.165) is 25.9 Å². The van der Waals surface area contributed by atoms with Gasteiger partial charge in [-0.3, -0.25) is 9.69 Å². The smallest absolute Gasteiger partial charge is 0.241 e. The fourth-order valence-electron chi connectivity index (χ4n) is 3.81. The van der Waals surface area contributed by atoms with Crippen LogP contribution in [0, 0.1) is 5.92 Å². The highest BCUT2D eigenvalue weighted by atomic mass is 35.5. The van der Waals surface area contributed by atoms with Gasteiger partial charge >= 0.3 is 0 Å². The van der Waals surface area contributed by atoms with Gasteiger partial charge in [0.05, 0.1) is 23.4 Å². The summed E-state index contributed by atoms with van der Waals surface area (Å²) in [7, 11) is 0. The number of hydrogen-bond donors (Lipinski definition) is 1. The first-order chi connectivity index (χ1) is 15.9. The van der Waals surface area contributed by atoms with Gasteiger partial charge in [0.15, 0.2) is 0 Å². The lowest BCUT2D eigenvalue weighted by molar-refractivity contribution is -0.121. The van der Waals surface area contributed by atoms with Gasteiger partial charge in [0, 0.05) is 16.5 Å². The molecule has 0 aliphatic carbocycles. The molecule has 1 fully saturated rings. The third kappa shape index (κ3) is 6.05. The number of halogens is 2. The van der Waals surface area contributed by atoms with Gasteiger partial charge in [0.2, 0.25) is 17.6 Å². The van der Waals surface area contributed by atoms with Crippen LogP contribution in [0.3, 0.4) is 0 Å². The molecule has 7 nitrogen and oxygen atoms in total. The maximum absolute atomic E-state index is 12.8. The Bertz CT molecular complexity index is 1110. The van der Waals surface area contributed by atoms with Gasteiger partial charge in [-0.15, -0.1) is 0 Å². The van der Waals surface area contributed by atoms with Crippen molar-refractivity contribution in [2.45, 2.75) is 39.3 Å². The zero-order valence-corrected chi connectivity index (χ0v) is 20.1. The lowest BCUT2D eigenvalue weighted by atomic mass is 9.96. The third-order valence-electron chi connectivity index (χ3n) is 5.46. The fourth-order valence-corrected chi connectivity index (χ4v) is 4.30. The number of anilines is 1. The van der Waals surface area contributed by atoms with Gasteiger partial charge in [-0.25, -0.2) is 0 Å². The Morgan fingerprint density at radius 2 is 1.97 bits per heavy atom. The molecule has 0 atom stereocenters. The fraction of sp³-hybridized carbons (Fsp3) is 0.375. The van der Waals surface area contributed by atoms with Crippen LogP contribution < -0.4 is 10.1 Å². The molecule has 2 heterocycles. The van der Waals surface area contributed by atoms with E-state index in [1.807, 2.05) is 38.1 Å². The van der Waals surface area contributed by atoms with Crippen LogP contribution >= 0.6 is 23.2 Å². The minimum absolute atomic E-state index is 0.0203. The molecule has 3 aromatic rings. The Labute approximate surface area is 203 Å². The monoisotopic (exact) mass is 488 g/mol. The number of piperidine rings is 1. The normalized spacial score (nSPS) is 15.1. The molecule has 174 valence electrons. The molecule has 1 N–H and O–H groups in total. The second-order valence-electron chi connectivity index (χ2n) is 8.34. The Hall–Kier alpha value is -2.61. The number of nitrogens with zero attached hydrogens (tertiary/aromatic N) is 3. The van der Waals surface area contributed by atoms with Crippen molar-refractivity contribution >= 4 is 34.8 Å². The SMILES string of the molecule is CC(C)Oc1ccccc1NC(=O)C1CCN(Cc2nc(-c3ccc(Cl)cc3Cl)no2)CC1. The van der Waals surface area contributed by atoms with Crippen molar-refractivity contribution in [2.75, 3.05) is 18.4 Å². The maximum atomic E-state index is 12.8. The molecule has 0 bridgehead atoms. The Balaban J connectivity index is 1.31. The van der Waals surface area contributed by atoms with Gasteiger partial charge in [-0.05, 0) is 70.1 Å². The van der Waals surface area contributed by atoms with Gasteiger partial charge < -0.3 is 14.6 Å². The van der Waals surface area contributed by atoms with Crippen LogP contribution in [-0.4, -0.2) is 40.1 Å². The minimum Gasteiger partial charge on any atom is -0.489 e. The average Bonchev–Trinajstić information content (AvgIpc) is 3.23. The predicted octanol–water partition coefficient (Wildman–Crippen LogP) is 5.68. The van der Waals surface area contributed by atoms with Crippen LogP contribution in [0.25, 0.3) is 11.4 Å². The molecular weight excluding hydrogens is 463 g/mol. The van der Waals surface area contributed by atoms with Gasteiger partial charge in [0.25, 0.3) is 0 Å². The number of benzene rings is 2. The van der Waals surface area contributed by atoms with Crippen LogP contribution in [0.2, 0.25) is 10.0 Å². The second-order valence-corrected chi connectivity index (χ2v) is 9.18. The molecular formula is C24H26Cl2N4O3. The highest BCUT2D eigenvalue weighted by Gasteiger charge is 2.27. The summed E-state index contributed by atoms with van der Waals surface area (Å²) >= 11 is 12.2. The van der Waals surface area contributed by atoms with Crippen molar-refractivity contribution < 1.29 is 14.1 Å². The number of ether oxygens (including phenoxy) is 1. The van der Waals surface area contributed by atoms with E-state index in [2.05, 4.69) is 20.4 Å². The van der Waals surface area contributed by atoms with E-state index in [4.69, 9.17) is 32.5 Å². The molecule has 1 aliphatic rings. The molecule has 0 spiro atoms. The average molecular weight is 489 g/mol. The molecule has 33 heavy (non-hydrogen) atoms. The van der Waals surface area contributed by atoms with Crippen molar-refractivity contribution in [1.29, 1.82) is 0 Å². The number of nitrogens with one attached hydrogen (secondary N) is 1. The van der Waals surface area contributed by atoms with Crippen molar-refractivity contribution in [3.63, 3.8) is 0 Å². The number of carbonyl (C=O) groups is 1. The number of amides is 1. The topological polar surface area (TPSA) is 80.5 Å². The third-order valence-corrected chi connectivity index (χ3v) is 6.01. The van der Waals surface area contributed by atoms with E-state index >= 15 is 0 Å². The molecule has 1 aromatic heterocycles. The van der Waals surface area contributed by atoms with E-state index in [9.17, 15) is 4.79 Å². The van der Waals surface area contributed by atoms with E-state index in [1.54, 1.807) is 18.2 Å². The number of aromatic nitrogens is 2. The Kier molecular flexibility index (Phi) is 7.53. The predicted molar refractivity (Wildman–Crippen MR) is 129 cm³/mol. The zero-order valence-electron chi connectivity index (χ0n) is 18.6. The summed E-state index contributed by atoms with van der Waals surface area (Å²) in [4.78, 5) is 19.5. The summed E-state index contributed by atoms with van der Waals surface area (Å²) in [6, 6.07) is 12.7. The lowest BCUT2D eigenvalue weighted by Gasteiger charge is -2.30. The van der Waals surface area contributed by atoms with Crippen molar-refractivity contribution in [1.82, 2.24) is 15.0 Å². The molecule has 9 heteroatoms. The van der Waals surface area contributed by atoms with Crippen LogP contribution in [-0.2, 0) is 11.3 Å². The second kappa shape index (κ2) is 10.5. The summed E-state index contributed by atoms with van der Waals surface area (Å²) in [5.41, 5.74) is 1.38. The first-order valence-electron chi connectivity index (χ1n) is 11.0. The lowest BCUT2D eigenvalue weighted by Crippen LogP contribution is -2.37. The largest absolute Gasteiger partial charge is 0.489 e. The first kappa shape index (κ1) is 23.5. The van der Waals surface area contributed by atoms with E-state index in [1.165, 1.54) is 0 Å². The highest BCUT2D eigenvalue weighted by Crippen LogP contribution is 2.29. The minimum atomic E-state index is -0.0560. The Morgan fingerprint density at radius 3 is 2.70 bits per heavy atom. The van der Waals surface area contributed by atoms with Crippen LogP contribution in [0.15, 0.2) is 47.0 Å². The van der Waals surface area contributed by atoms with Crippen LogP contribution in [0.5, 0.6) is 5.75 Å². The van der Waals surface area contributed by atoms with Gasteiger partial charge in [-0.2, -0.15) is 4.98 Å². The van der Waals surface area contributed by atoms with Gasteiger partial charge in [-0.1, -0.05) is 40.5 Å². The first-order valence-corrected chi connectivity index (χ1v) is 11.7. The summed E-state index contributed by atoms with van der Waals surface area (Å²) in [5.74, 6) is 1.60. The number of carbonyl (C=O) groups excluding carboxylic acids is 1. The van der Waals surface area contributed by atoms with Crippen LogP contribution in [0.1, 0.15) is 32.6 Å². The van der Waals surface area contributed by atoms with Crippen molar-refractivity contribution in [3.05, 3.63) is 58.4 Å². The zero-order chi connectivity index (χ0) is 23.4. The summed E-state index contributed by atoms with van der Waals surface area (Å²) in [6.07, 6.45) is 1.54. The number of hydrogen-bond acceptors (Lipinski definition) is 6. The van der Waals surface area contributed by atoms with E-state index in [-0.39, 0.29) is 17.9 Å². The molecule has 0 unspecified atom stereocenters. The highest BCUT2D eigenvalue weighted by molar-refractivity contribution is 6.36.